The number of halogens is 1. The maximum Gasteiger partial charge on any atom is 0.161 e. The summed E-state index contributed by atoms with van der Waals surface area (Å²) in [5.74, 6) is 1.84. The van der Waals surface area contributed by atoms with E-state index >= 15 is 0 Å². The first-order valence-electron chi connectivity index (χ1n) is 9.57. The maximum atomic E-state index is 13.7. The normalized spacial score (nSPS) is 15.3. The van der Waals surface area contributed by atoms with E-state index in [4.69, 9.17) is 14.2 Å². The lowest BCUT2D eigenvalue weighted by Crippen LogP contribution is -2.27. The molecule has 0 bridgehead atoms. The molecule has 1 aromatic heterocycles. The highest BCUT2D eigenvalue weighted by Crippen LogP contribution is 2.33. The van der Waals surface area contributed by atoms with E-state index in [1.165, 1.54) is 6.07 Å². The van der Waals surface area contributed by atoms with Gasteiger partial charge in [-0.1, -0.05) is 12.1 Å². The summed E-state index contributed by atoms with van der Waals surface area (Å²) < 4.78 is 30.7. The Morgan fingerprint density at radius 2 is 2.07 bits per heavy atom. The molecule has 150 valence electrons. The highest BCUT2D eigenvalue weighted by atomic mass is 19.1. The highest BCUT2D eigenvalue weighted by molar-refractivity contribution is 5.43. The lowest BCUT2D eigenvalue weighted by Gasteiger charge is -2.27. The minimum atomic E-state index is -0.253. The van der Waals surface area contributed by atoms with Gasteiger partial charge in [0.1, 0.15) is 18.2 Å². The van der Waals surface area contributed by atoms with Gasteiger partial charge in [-0.2, -0.15) is 0 Å². The maximum absolute atomic E-state index is 13.7. The van der Waals surface area contributed by atoms with Crippen LogP contribution >= 0.6 is 0 Å². The van der Waals surface area contributed by atoms with Crippen LogP contribution < -0.4 is 19.5 Å². The van der Waals surface area contributed by atoms with Gasteiger partial charge < -0.3 is 19.5 Å². The number of nitrogens with zero attached hydrogens (tertiary/aromatic N) is 1. The van der Waals surface area contributed by atoms with Crippen LogP contribution in [-0.2, 0) is 13.2 Å². The molecule has 0 radical (unpaired) electrons. The van der Waals surface area contributed by atoms with Crippen molar-refractivity contribution < 1.29 is 18.6 Å². The molecule has 1 atom stereocenters. The summed E-state index contributed by atoms with van der Waals surface area (Å²) in [5, 5.41) is 3.51. The third-order valence-electron chi connectivity index (χ3n) is 4.91. The van der Waals surface area contributed by atoms with Gasteiger partial charge in [0.15, 0.2) is 11.5 Å². The van der Waals surface area contributed by atoms with Crippen LogP contribution in [0, 0.1) is 5.82 Å². The fourth-order valence-electron chi connectivity index (χ4n) is 3.41. The number of hydrogen-bond donors (Lipinski definition) is 1. The summed E-state index contributed by atoms with van der Waals surface area (Å²) in [6.07, 6.45) is 4.30. The van der Waals surface area contributed by atoms with E-state index in [9.17, 15) is 4.39 Å². The molecule has 1 aliphatic heterocycles. The SMILES string of the molecule is COc1ccc(CNC2CCOc3ccc(F)cc32)cc1OCc1cccnc1. The molecule has 0 spiro atoms. The number of benzene rings is 2. The molecule has 2 aromatic carbocycles. The minimum Gasteiger partial charge on any atom is -0.493 e. The van der Waals surface area contributed by atoms with Crippen molar-refractivity contribution in [3.05, 3.63) is 83.4 Å². The van der Waals surface area contributed by atoms with Crippen molar-refractivity contribution in [2.45, 2.75) is 25.6 Å². The molecule has 5 nitrogen and oxygen atoms in total. The van der Waals surface area contributed by atoms with Gasteiger partial charge in [0.05, 0.1) is 13.7 Å². The Hall–Kier alpha value is -3.12. The molecule has 29 heavy (non-hydrogen) atoms. The van der Waals surface area contributed by atoms with E-state index in [0.29, 0.717) is 31.3 Å². The predicted octanol–water partition coefficient (Wildman–Crippen LogP) is 4.42. The number of nitrogens with one attached hydrogen (secondary N) is 1. The number of ether oxygens (including phenoxy) is 3. The monoisotopic (exact) mass is 394 g/mol. The summed E-state index contributed by atoms with van der Waals surface area (Å²) in [4.78, 5) is 4.10. The zero-order chi connectivity index (χ0) is 20.1. The van der Waals surface area contributed by atoms with Gasteiger partial charge in [0.2, 0.25) is 0 Å². The third kappa shape index (κ3) is 4.66. The largest absolute Gasteiger partial charge is 0.493 e. The lowest BCUT2D eigenvalue weighted by atomic mass is 10.00. The van der Waals surface area contributed by atoms with Crippen LogP contribution in [0.3, 0.4) is 0 Å². The fourth-order valence-corrected chi connectivity index (χ4v) is 3.41. The van der Waals surface area contributed by atoms with Crippen LogP contribution in [0.4, 0.5) is 4.39 Å². The molecular formula is C23H23FN2O3. The number of pyridine rings is 1. The van der Waals surface area contributed by atoms with Gasteiger partial charge in [-0.05, 0) is 42.0 Å². The van der Waals surface area contributed by atoms with Gasteiger partial charge >= 0.3 is 0 Å². The average Bonchev–Trinajstić information content (AvgIpc) is 2.77. The van der Waals surface area contributed by atoms with Crippen LogP contribution in [0.1, 0.15) is 29.2 Å². The van der Waals surface area contributed by atoms with Crippen molar-refractivity contribution in [1.29, 1.82) is 0 Å². The zero-order valence-corrected chi connectivity index (χ0v) is 16.2. The number of hydrogen-bond acceptors (Lipinski definition) is 5. The van der Waals surface area contributed by atoms with Crippen molar-refractivity contribution >= 4 is 0 Å². The Morgan fingerprint density at radius 3 is 2.90 bits per heavy atom. The molecule has 3 aromatic rings. The molecule has 6 heteroatoms. The molecule has 0 amide bonds. The van der Waals surface area contributed by atoms with Crippen molar-refractivity contribution in [3.63, 3.8) is 0 Å². The Labute approximate surface area is 169 Å². The molecule has 0 saturated heterocycles. The van der Waals surface area contributed by atoms with E-state index in [-0.39, 0.29) is 11.9 Å². The summed E-state index contributed by atoms with van der Waals surface area (Å²) in [6.45, 7) is 1.64. The molecule has 4 rings (SSSR count). The fraction of sp³-hybridized carbons (Fsp3) is 0.261. The summed E-state index contributed by atoms with van der Waals surface area (Å²) >= 11 is 0. The van der Waals surface area contributed by atoms with Crippen molar-refractivity contribution in [2.75, 3.05) is 13.7 Å². The van der Waals surface area contributed by atoms with E-state index in [1.54, 1.807) is 31.6 Å². The first-order valence-corrected chi connectivity index (χ1v) is 9.57. The van der Waals surface area contributed by atoms with Crippen LogP contribution in [-0.4, -0.2) is 18.7 Å². The topological polar surface area (TPSA) is 52.6 Å². The Bertz CT molecular complexity index is 966. The molecular weight excluding hydrogens is 371 g/mol. The van der Waals surface area contributed by atoms with Gasteiger partial charge in [-0.3, -0.25) is 4.98 Å². The molecule has 0 aliphatic carbocycles. The lowest BCUT2D eigenvalue weighted by molar-refractivity contribution is 0.251. The second-order valence-electron chi connectivity index (χ2n) is 6.89. The zero-order valence-electron chi connectivity index (χ0n) is 16.2. The van der Waals surface area contributed by atoms with Crippen LogP contribution in [0.5, 0.6) is 17.2 Å². The van der Waals surface area contributed by atoms with Gasteiger partial charge in [-0.25, -0.2) is 4.39 Å². The highest BCUT2D eigenvalue weighted by Gasteiger charge is 2.21. The van der Waals surface area contributed by atoms with Crippen LogP contribution in [0.15, 0.2) is 60.9 Å². The van der Waals surface area contributed by atoms with E-state index in [2.05, 4.69) is 10.3 Å². The first-order chi connectivity index (χ1) is 14.2. The molecule has 1 aliphatic rings. The summed E-state index contributed by atoms with van der Waals surface area (Å²) in [5.41, 5.74) is 2.90. The number of fused-ring (bicyclic) bond motifs is 1. The van der Waals surface area contributed by atoms with Gasteiger partial charge in [0.25, 0.3) is 0 Å². The van der Waals surface area contributed by atoms with E-state index < -0.39 is 0 Å². The smallest absolute Gasteiger partial charge is 0.161 e. The minimum absolute atomic E-state index is 0.0383. The van der Waals surface area contributed by atoms with Crippen LogP contribution in [0.25, 0.3) is 0 Å². The predicted molar refractivity (Wildman–Crippen MR) is 108 cm³/mol. The first kappa shape index (κ1) is 19.2. The quantitative estimate of drug-likeness (QED) is 0.643. The van der Waals surface area contributed by atoms with Crippen molar-refractivity contribution in [2.24, 2.45) is 0 Å². The summed E-state index contributed by atoms with van der Waals surface area (Å²) in [7, 11) is 1.62. The van der Waals surface area contributed by atoms with E-state index in [1.807, 2.05) is 30.3 Å². The second-order valence-corrected chi connectivity index (χ2v) is 6.89. The average molecular weight is 394 g/mol. The molecule has 0 saturated carbocycles. The molecule has 1 unspecified atom stereocenters. The third-order valence-corrected chi connectivity index (χ3v) is 4.91. The van der Waals surface area contributed by atoms with Crippen LogP contribution in [0.2, 0.25) is 0 Å². The summed E-state index contributed by atoms with van der Waals surface area (Å²) in [6, 6.07) is 14.4. The Balaban J connectivity index is 1.45. The van der Waals surface area contributed by atoms with Gasteiger partial charge in [0, 0.05) is 42.5 Å². The Kier molecular flexibility index (Phi) is 5.91. The number of aromatic nitrogens is 1. The number of methoxy groups -OCH3 is 1. The Morgan fingerprint density at radius 1 is 1.14 bits per heavy atom. The molecule has 2 heterocycles. The molecule has 1 N–H and O–H groups in total. The molecule has 0 fully saturated rings. The van der Waals surface area contributed by atoms with Gasteiger partial charge in [-0.15, -0.1) is 0 Å². The standard InChI is InChI=1S/C23H23FN2O3/c1-27-22-6-4-16(11-23(22)29-15-17-3-2-9-25-13-17)14-26-20-8-10-28-21-7-5-18(24)12-19(20)21/h2-7,9,11-13,20,26H,8,10,14-15H2,1H3. The van der Waals surface area contributed by atoms with Crippen molar-refractivity contribution in [1.82, 2.24) is 10.3 Å². The number of rotatable bonds is 7. The van der Waals surface area contributed by atoms with Crippen molar-refractivity contribution in [3.8, 4) is 17.2 Å². The van der Waals surface area contributed by atoms with E-state index in [0.717, 1.165) is 28.9 Å². The second kappa shape index (κ2) is 8.92.